The van der Waals surface area contributed by atoms with Crippen LogP contribution < -0.4 is 5.32 Å². The number of guanidine groups is 1. The Bertz CT molecular complexity index is 524. The summed E-state index contributed by atoms with van der Waals surface area (Å²) in [6, 6.07) is 11.5. The Balaban J connectivity index is 0.00000364. The molecule has 2 rings (SSSR count). The normalized spacial score (nSPS) is 15.9. The molecular weight excluding hydrogens is 447 g/mol. The second-order valence-electron chi connectivity index (χ2n) is 7.88. The van der Waals surface area contributed by atoms with Crippen molar-refractivity contribution in [3.63, 3.8) is 0 Å². The monoisotopic (exact) mass is 486 g/mol. The van der Waals surface area contributed by atoms with Crippen molar-refractivity contribution in [3.05, 3.63) is 35.9 Å². The van der Waals surface area contributed by atoms with Gasteiger partial charge in [0.2, 0.25) is 0 Å². The lowest BCUT2D eigenvalue weighted by Gasteiger charge is -2.34. The second-order valence-corrected chi connectivity index (χ2v) is 7.88. The zero-order chi connectivity index (χ0) is 18.8. The average Bonchev–Trinajstić information content (AvgIpc) is 2.66. The number of rotatable bonds is 8. The SMILES string of the molecule is CN=C(NCCCCN(C)C(C)C)N1CCC(Cc2ccccc2)CC1.I. The number of piperidine rings is 1. The van der Waals surface area contributed by atoms with Crippen LogP contribution >= 0.6 is 24.0 Å². The number of likely N-dealkylation sites (tertiary alicyclic amines) is 1. The molecule has 1 aromatic rings. The first-order valence-electron chi connectivity index (χ1n) is 10.3. The quantitative estimate of drug-likeness (QED) is 0.258. The lowest BCUT2D eigenvalue weighted by atomic mass is 9.90. The summed E-state index contributed by atoms with van der Waals surface area (Å²) >= 11 is 0. The summed E-state index contributed by atoms with van der Waals surface area (Å²) < 4.78 is 0. The maximum absolute atomic E-state index is 4.50. The van der Waals surface area contributed by atoms with Crippen molar-refractivity contribution in [1.29, 1.82) is 0 Å². The summed E-state index contributed by atoms with van der Waals surface area (Å²) in [6.45, 7) is 8.93. The Morgan fingerprint density at radius 2 is 1.85 bits per heavy atom. The van der Waals surface area contributed by atoms with Crippen molar-refractivity contribution in [2.45, 2.75) is 52.0 Å². The molecule has 1 aliphatic rings. The zero-order valence-electron chi connectivity index (χ0n) is 17.7. The minimum atomic E-state index is 0. The van der Waals surface area contributed by atoms with Crippen molar-refractivity contribution >= 4 is 29.9 Å². The van der Waals surface area contributed by atoms with Gasteiger partial charge in [-0.3, -0.25) is 4.99 Å². The van der Waals surface area contributed by atoms with Crippen LogP contribution in [0.3, 0.4) is 0 Å². The standard InChI is InChI=1S/C22H38N4.HI/c1-19(2)25(4)15-9-8-14-24-22(23-3)26-16-12-21(13-17-26)18-20-10-6-5-7-11-20;/h5-7,10-11,19,21H,8-9,12-18H2,1-4H3,(H,23,24);1H. The molecule has 154 valence electrons. The summed E-state index contributed by atoms with van der Waals surface area (Å²) in [5.41, 5.74) is 1.47. The minimum Gasteiger partial charge on any atom is -0.356 e. The van der Waals surface area contributed by atoms with Gasteiger partial charge in [0.15, 0.2) is 5.96 Å². The van der Waals surface area contributed by atoms with E-state index in [1.165, 1.54) is 44.2 Å². The van der Waals surface area contributed by atoms with Crippen molar-refractivity contribution in [2.75, 3.05) is 40.3 Å². The third-order valence-electron chi connectivity index (χ3n) is 5.60. The summed E-state index contributed by atoms with van der Waals surface area (Å²) in [5.74, 6) is 1.89. The molecule has 0 amide bonds. The molecule has 1 N–H and O–H groups in total. The third kappa shape index (κ3) is 8.81. The van der Waals surface area contributed by atoms with E-state index in [1.54, 1.807) is 0 Å². The number of unbranched alkanes of at least 4 members (excludes halogenated alkanes) is 1. The Morgan fingerprint density at radius 1 is 1.19 bits per heavy atom. The molecule has 0 saturated carbocycles. The fourth-order valence-corrected chi connectivity index (χ4v) is 3.57. The van der Waals surface area contributed by atoms with E-state index in [1.807, 2.05) is 7.05 Å². The number of nitrogens with one attached hydrogen (secondary N) is 1. The molecule has 0 aromatic heterocycles. The smallest absolute Gasteiger partial charge is 0.193 e. The summed E-state index contributed by atoms with van der Waals surface area (Å²) in [7, 11) is 4.11. The van der Waals surface area contributed by atoms with Gasteiger partial charge in [-0.25, -0.2) is 0 Å². The zero-order valence-corrected chi connectivity index (χ0v) is 20.0. The number of benzene rings is 1. The van der Waals surface area contributed by atoms with Gasteiger partial charge in [0.1, 0.15) is 0 Å². The van der Waals surface area contributed by atoms with Crippen LogP contribution in [0.4, 0.5) is 0 Å². The minimum absolute atomic E-state index is 0. The van der Waals surface area contributed by atoms with Crippen LogP contribution in [0.15, 0.2) is 35.3 Å². The summed E-state index contributed by atoms with van der Waals surface area (Å²) in [6.07, 6.45) is 6.16. The first kappa shape index (κ1) is 24.2. The molecule has 1 aliphatic heterocycles. The lowest BCUT2D eigenvalue weighted by molar-refractivity contribution is 0.257. The topological polar surface area (TPSA) is 30.9 Å². The van der Waals surface area contributed by atoms with Crippen molar-refractivity contribution < 1.29 is 0 Å². The molecule has 0 atom stereocenters. The molecular formula is C22H39IN4. The Kier molecular flexibility index (Phi) is 12.0. The fraction of sp³-hybridized carbons (Fsp3) is 0.682. The van der Waals surface area contributed by atoms with Gasteiger partial charge in [-0.05, 0) is 71.0 Å². The number of halogens is 1. The van der Waals surface area contributed by atoms with Crippen molar-refractivity contribution in [3.8, 4) is 0 Å². The average molecular weight is 486 g/mol. The second kappa shape index (κ2) is 13.4. The molecule has 5 heteroatoms. The Hall–Kier alpha value is -0.820. The number of aliphatic imine (C=N–C) groups is 1. The van der Waals surface area contributed by atoms with E-state index in [2.05, 4.69) is 71.3 Å². The van der Waals surface area contributed by atoms with Crippen LogP contribution in [-0.2, 0) is 6.42 Å². The fourth-order valence-electron chi connectivity index (χ4n) is 3.57. The first-order valence-corrected chi connectivity index (χ1v) is 10.3. The number of nitrogens with zero attached hydrogens (tertiary/aromatic N) is 3. The van der Waals surface area contributed by atoms with Gasteiger partial charge in [0.05, 0.1) is 0 Å². The van der Waals surface area contributed by atoms with E-state index < -0.39 is 0 Å². The third-order valence-corrected chi connectivity index (χ3v) is 5.60. The maximum atomic E-state index is 4.50. The predicted molar refractivity (Wildman–Crippen MR) is 128 cm³/mol. The van der Waals surface area contributed by atoms with Crippen LogP contribution in [0.1, 0.15) is 45.1 Å². The highest BCUT2D eigenvalue weighted by Gasteiger charge is 2.21. The van der Waals surface area contributed by atoms with E-state index in [4.69, 9.17) is 0 Å². The Labute approximate surface area is 183 Å². The molecule has 1 heterocycles. The predicted octanol–water partition coefficient (Wildman–Crippen LogP) is 4.25. The molecule has 4 nitrogen and oxygen atoms in total. The van der Waals surface area contributed by atoms with Crippen LogP contribution in [-0.4, -0.2) is 62.1 Å². The number of hydrogen-bond acceptors (Lipinski definition) is 2. The van der Waals surface area contributed by atoms with Gasteiger partial charge in [-0.1, -0.05) is 30.3 Å². The van der Waals surface area contributed by atoms with Gasteiger partial charge >= 0.3 is 0 Å². The molecule has 0 spiro atoms. The highest BCUT2D eigenvalue weighted by molar-refractivity contribution is 14.0. The van der Waals surface area contributed by atoms with Crippen LogP contribution in [0.5, 0.6) is 0 Å². The van der Waals surface area contributed by atoms with Gasteiger partial charge in [-0.15, -0.1) is 24.0 Å². The summed E-state index contributed by atoms with van der Waals surface area (Å²) in [4.78, 5) is 9.34. The van der Waals surface area contributed by atoms with E-state index in [-0.39, 0.29) is 24.0 Å². The molecule has 0 aliphatic carbocycles. The molecule has 1 fully saturated rings. The molecule has 1 saturated heterocycles. The van der Waals surface area contributed by atoms with Crippen LogP contribution in [0.25, 0.3) is 0 Å². The first-order chi connectivity index (χ1) is 12.6. The van der Waals surface area contributed by atoms with E-state index in [0.29, 0.717) is 6.04 Å². The highest BCUT2D eigenvalue weighted by atomic mass is 127. The highest BCUT2D eigenvalue weighted by Crippen LogP contribution is 2.21. The number of hydrogen-bond donors (Lipinski definition) is 1. The van der Waals surface area contributed by atoms with Gasteiger partial charge < -0.3 is 15.1 Å². The molecule has 0 bridgehead atoms. The van der Waals surface area contributed by atoms with E-state index in [0.717, 1.165) is 31.5 Å². The largest absolute Gasteiger partial charge is 0.356 e. The van der Waals surface area contributed by atoms with Crippen molar-refractivity contribution in [1.82, 2.24) is 15.1 Å². The van der Waals surface area contributed by atoms with E-state index in [9.17, 15) is 0 Å². The lowest BCUT2D eigenvalue weighted by Crippen LogP contribution is -2.46. The summed E-state index contributed by atoms with van der Waals surface area (Å²) in [5, 5.41) is 3.56. The van der Waals surface area contributed by atoms with Crippen LogP contribution in [0, 0.1) is 5.92 Å². The maximum Gasteiger partial charge on any atom is 0.193 e. The molecule has 27 heavy (non-hydrogen) atoms. The van der Waals surface area contributed by atoms with Gasteiger partial charge in [0, 0.05) is 32.7 Å². The van der Waals surface area contributed by atoms with E-state index >= 15 is 0 Å². The molecule has 0 radical (unpaired) electrons. The van der Waals surface area contributed by atoms with Gasteiger partial charge in [0.25, 0.3) is 0 Å². The van der Waals surface area contributed by atoms with Crippen molar-refractivity contribution in [2.24, 2.45) is 10.9 Å². The van der Waals surface area contributed by atoms with Gasteiger partial charge in [-0.2, -0.15) is 0 Å². The molecule has 0 unspecified atom stereocenters. The Morgan fingerprint density at radius 3 is 2.44 bits per heavy atom. The van der Waals surface area contributed by atoms with Crippen LogP contribution in [0.2, 0.25) is 0 Å². The molecule has 1 aromatic carbocycles.